The molecule has 3 rings (SSSR count). The van der Waals surface area contributed by atoms with Crippen LogP contribution < -0.4 is 0 Å². The molecule has 1 N–H and O–H groups in total. The van der Waals surface area contributed by atoms with Crippen molar-refractivity contribution in [2.45, 2.75) is 53.1 Å². The Labute approximate surface area is 172 Å². The van der Waals surface area contributed by atoms with Crippen molar-refractivity contribution in [1.29, 1.82) is 0 Å². The zero-order valence-electron chi connectivity index (χ0n) is 18.1. The second kappa shape index (κ2) is 8.05. The standard InChI is InChI=1S/C22H32N4O3/c1-15(10-11-22(2,3)4)19(20(27)28)26-13-12-25(21(26)29)14-18-23-16-8-6-7-9-17(16)24(18)5/h6-9,15,19H,10-14H2,1-5H3,(H,27,28)/t15-,19-/m0/s1. The van der Waals surface area contributed by atoms with Crippen molar-refractivity contribution >= 4 is 23.0 Å². The van der Waals surface area contributed by atoms with E-state index in [1.165, 1.54) is 4.90 Å². The summed E-state index contributed by atoms with van der Waals surface area (Å²) in [6.07, 6.45) is 1.69. The highest BCUT2D eigenvalue weighted by atomic mass is 16.4. The molecule has 0 radical (unpaired) electrons. The smallest absolute Gasteiger partial charge is 0.326 e. The maximum atomic E-state index is 13.0. The minimum atomic E-state index is -0.927. The van der Waals surface area contributed by atoms with Gasteiger partial charge in [0.05, 0.1) is 17.6 Å². The molecule has 1 aliphatic rings. The average molecular weight is 401 g/mol. The fourth-order valence-electron chi connectivity index (χ4n) is 4.02. The molecule has 1 aromatic carbocycles. The first kappa shape index (κ1) is 21.1. The minimum absolute atomic E-state index is 0.105. The van der Waals surface area contributed by atoms with Crippen molar-refractivity contribution in [1.82, 2.24) is 19.4 Å². The van der Waals surface area contributed by atoms with Crippen LogP contribution in [-0.2, 0) is 18.4 Å². The van der Waals surface area contributed by atoms with E-state index in [4.69, 9.17) is 0 Å². The number of aliphatic carboxylic acids is 1. The van der Waals surface area contributed by atoms with E-state index in [2.05, 4.69) is 25.8 Å². The molecule has 2 heterocycles. The van der Waals surface area contributed by atoms with Crippen molar-refractivity contribution in [2.75, 3.05) is 13.1 Å². The largest absolute Gasteiger partial charge is 0.480 e. The number of amides is 2. The van der Waals surface area contributed by atoms with Crippen LogP contribution in [0.25, 0.3) is 11.0 Å². The summed E-state index contributed by atoms with van der Waals surface area (Å²) in [6, 6.07) is 6.85. The van der Waals surface area contributed by atoms with Gasteiger partial charge in [0.25, 0.3) is 0 Å². The Bertz CT molecular complexity index is 899. The number of aromatic nitrogens is 2. The highest BCUT2D eigenvalue weighted by Gasteiger charge is 2.40. The number of fused-ring (bicyclic) bond motifs is 1. The fourth-order valence-corrected chi connectivity index (χ4v) is 4.02. The summed E-state index contributed by atoms with van der Waals surface area (Å²) in [5.74, 6) is -0.232. The Morgan fingerprint density at radius 1 is 1.24 bits per heavy atom. The molecule has 0 unspecified atom stereocenters. The molecule has 29 heavy (non-hydrogen) atoms. The van der Waals surface area contributed by atoms with Crippen LogP contribution in [0, 0.1) is 11.3 Å². The molecular formula is C22H32N4O3. The monoisotopic (exact) mass is 400 g/mol. The predicted octanol–water partition coefficient (Wildman–Crippen LogP) is 3.73. The summed E-state index contributed by atoms with van der Waals surface area (Å²) >= 11 is 0. The van der Waals surface area contributed by atoms with Gasteiger partial charge in [-0.3, -0.25) is 0 Å². The number of rotatable bonds is 7. The summed E-state index contributed by atoms with van der Waals surface area (Å²) in [5.41, 5.74) is 2.05. The van der Waals surface area contributed by atoms with E-state index in [9.17, 15) is 14.7 Å². The Balaban J connectivity index is 1.73. The molecule has 0 bridgehead atoms. The van der Waals surface area contributed by atoms with Crippen molar-refractivity contribution in [2.24, 2.45) is 18.4 Å². The Morgan fingerprint density at radius 2 is 1.93 bits per heavy atom. The lowest BCUT2D eigenvalue weighted by Gasteiger charge is -2.31. The summed E-state index contributed by atoms with van der Waals surface area (Å²) < 4.78 is 1.99. The van der Waals surface area contributed by atoms with Crippen LogP contribution in [0.15, 0.2) is 24.3 Å². The lowest BCUT2D eigenvalue weighted by atomic mass is 9.84. The number of carbonyl (C=O) groups is 2. The second-order valence-corrected chi connectivity index (χ2v) is 9.33. The third-order valence-electron chi connectivity index (χ3n) is 5.82. The van der Waals surface area contributed by atoms with E-state index < -0.39 is 12.0 Å². The first-order valence-corrected chi connectivity index (χ1v) is 10.3. The molecule has 7 heteroatoms. The quantitative estimate of drug-likeness (QED) is 0.768. The van der Waals surface area contributed by atoms with Crippen molar-refractivity contribution in [3.05, 3.63) is 30.1 Å². The lowest BCUT2D eigenvalue weighted by molar-refractivity contribution is -0.143. The third-order valence-corrected chi connectivity index (χ3v) is 5.82. The first-order chi connectivity index (χ1) is 13.6. The summed E-state index contributed by atoms with van der Waals surface area (Å²) in [7, 11) is 1.94. The molecule has 1 aliphatic heterocycles. The van der Waals surface area contributed by atoms with Gasteiger partial charge >= 0.3 is 12.0 Å². The van der Waals surface area contributed by atoms with Crippen molar-refractivity contribution in [3.63, 3.8) is 0 Å². The van der Waals surface area contributed by atoms with E-state index in [1.807, 2.05) is 42.8 Å². The molecular weight excluding hydrogens is 368 g/mol. The second-order valence-electron chi connectivity index (χ2n) is 9.33. The van der Waals surface area contributed by atoms with Gasteiger partial charge in [-0.1, -0.05) is 39.8 Å². The van der Waals surface area contributed by atoms with Gasteiger partial charge in [0.15, 0.2) is 0 Å². The molecule has 158 valence electrons. The van der Waals surface area contributed by atoms with E-state index in [0.717, 1.165) is 29.7 Å². The number of imidazole rings is 1. The molecule has 0 saturated carbocycles. The van der Waals surface area contributed by atoms with E-state index in [0.29, 0.717) is 19.6 Å². The van der Waals surface area contributed by atoms with Crippen LogP contribution in [0.4, 0.5) is 4.79 Å². The van der Waals surface area contributed by atoms with Gasteiger partial charge in [-0.2, -0.15) is 0 Å². The highest BCUT2D eigenvalue weighted by molar-refractivity contribution is 5.84. The van der Waals surface area contributed by atoms with Crippen LogP contribution in [0.5, 0.6) is 0 Å². The Kier molecular flexibility index (Phi) is 5.87. The lowest BCUT2D eigenvalue weighted by Crippen LogP contribution is -2.47. The maximum absolute atomic E-state index is 13.0. The van der Waals surface area contributed by atoms with Gasteiger partial charge in [0.1, 0.15) is 11.9 Å². The molecule has 0 aliphatic carbocycles. The zero-order chi connectivity index (χ0) is 21.3. The van der Waals surface area contributed by atoms with Gasteiger partial charge in [-0.15, -0.1) is 0 Å². The molecule has 1 saturated heterocycles. The maximum Gasteiger partial charge on any atom is 0.326 e. The van der Waals surface area contributed by atoms with Crippen LogP contribution in [-0.4, -0.2) is 55.6 Å². The molecule has 2 amide bonds. The average Bonchev–Trinajstić information content (AvgIpc) is 3.15. The first-order valence-electron chi connectivity index (χ1n) is 10.3. The summed E-state index contributed by atoms with van der Waals surface area (Å²) in [5, 5.41) is 9.84. The zero-order valence-corrected chi connectivity index (χ0v) is 18.1. The minimum Gasteiger partial charge on any atom is -0.480 e. The molecule has 0 spiro atoms. The molecule has 2 aromatic rings. The molecule has 1 fully saturated rings. The van der Waals surface area contributed by atoms with Crippen LogP contribution >= 0.6 is 0 Å². The highest BCUT2D eigenvalue weighted by Crippen LogP contribution is 2.28. The Hall–Kier alpha value is -2.57. The third kappa shape index (κ3) is 4.54. The van der Waals surface area contributed by atoms with E-state index in [1.54, 1.807) is 4.90 Å². The number of carboxylic acids is 1. The summed E-state index contributed by atoms with van der Waals surface area (Å²) in [4.78, 5) is 32.9. The summed E-state index contributed by atoms with van der Waals surface area (Å²) in [6.45, 7) is 9.70. The van der Waals surface area contributed by atoms with Gasteiger partial charge in [0.2, 0.25) is 0 Å². The Morgan fingerprint density at radius 3 is 2.55 bits per heavy atom. The predicted molar refractivity (Wildman–Crippen MR) is 113 cm³/mol. The van der Waals surface area contributed by atoms with Gasteiger partial charge in [-0.25, -0.2) is 14.6 Å². The van der Waals surface area contributed by atoms with E-state index in [-0.39, 0.29) is 17.4 Å². The van der Waals surface area contributed by atoms with Crippen LogP contribution in [0.1, 0.15) is 46.4 Å². The van der Waals surface area contributed by atoms with Crippen molar-refractivity contribution in [3.8, 4) is 0 Å². The molecule has 7 nitrogen and oxygen atoms in total. The van der Waals surface area contributed by atoms with Crippen LogP contribution in [0.3, 0.4) is 0 Å². The topological polar surface area (TPSA) is 78.7 Å². The number of urea groups is 1. The van der Waals surface area contributed by atoms with Gasteiger partial charge < -0.3 is 19.5 Å². The van der Waals surface area contributed by atoms with E-state index >= 15 is 0 Å². The number of hydrogen-bond acceptors (Lipinski definition) is 3. The fraction of sp³-hybridized carbons (Fsp3) is 0.591. The number of carboxylic acid groups (broad SMARTS) is 1. The molecule has 2 atom stereocenters. The number of aryl methyl sites for hydroxylation is 1. The SMILES string of the molecule is C[C@@H](CCC(C)(C)C)[C@@H](C(=O)O)N1CCN(Cc2nc3ccccc3n2C)C1=O. The number of benzene rings is 1. The number of hydrogen-bond donors (Lipinski definition) is 1. The normalized spacial score (nSPS) is 17.2. The van der Waals surface area contributed by atoms with Crippen LogP contribution in [0.2, 0.25) is 0 Å². The van der Waals surface area contributed by atoms with Gasteiger partial charge in [0, 0.05) is 20.1 Å². The number of para-hydroxylation sites is 2. The van der Waals surface area contributed by atoms with Crippen molar-refractivity contribution < 1.29 is 14.7 Å². The van der Waals surface area contributed by atoms with Gasteiger partial charge in [-0.05, 0) is 36.3 Å². The number of nitrogens with zero attached hydrogens (tertiary/aromatic N) is 4. The number of carbonyl (C=O) groups excluding carboxylic acids is 1. The molecule has 1 aromatic heterocycles.